The summed E-state index contributed by atoms with van der Waals surface area (Å²) in [6.07, 6.45) is 0. The van der Waals surface area contributed by atoms with Crippen LogP contribution in [0.2, 0.25) is 0 Å². The molecule has 0 fully saturated rings. The fraction of sp³-hybridized carbons (Fsp3) is 0.133. The van der Waals surface area contributed by atoms with Crippen molar-refractivity contribution in [3.8, 4) is 28.7 Å². The summed E-state index contributed by atoms with van der Waals surface area (Å²) in [4.78, 5) is 12.5. The molecule has 22 heavy (non-hydrogen) atoms. The first kappa shape index (κ1) is 13.9. The minimum Gasteiger partial charge on any atom is -0.504 e. The van der Waals surface area contributed by atoms with Crippen LogP contribution in [0, 0.1) is 0 Å². The predicted octanol–water partition coefficient (Wildman–Crippen LogP) is 2.08. The molecule has 0 atom stereocenters. The van der Waals surface area contributed by atoms with Gasteiger partial charge in [0, 0.05) is 6.07 Å². The Hall–Kier alpha value is -3.09. The van der Waals surface area contributed by atoms with Crippen LogP contribution < -0.4 is 14.9 Å². The molecular weight excluding hydrogens is 292 g/mol. The minimum absolute atomic E-state index is 0.00431. The van der Waals surface area contributed by atoms with Gasteiger partial charge < -0.3 is 29.2 Å². The average Bonchev–Trinajstić information content (AvgIpc) is 2.50. The molecule has 0 unspecified atom stereocenters. The van der Waals surface area contributed by atoms with Gasteiger partial charge in [0.05, 0.1) is 19.6 Å². The van der Waals surface area contributed by atoms with E-state index in [1.54, 1.807) is 0 Å². The number of fused-ring (bicyclic) bond motifs is 2. The van der Waals surface area contributed by atoms with Gasteiger partial charge in [0.15, 0.2) is 22.8 Å². The van der Waals surface area contributed by atoms with Crippen LogP contribution in [-0.4, -0.2) is 29.5 Å². The van der Waals surface area contributed by atoms with Gasteiger partial charge in [-0.2, -0.15) is 0 Å². The summed E-state index contributed by atoms with van der Waals surface area (Å²) in [5.74, 6) is -1.22. The Balaban J connectivity index is 2.58. The average molecular weight is 304 g/mol. The van der Waals surface area contributed by atoms with Gasteiger partial charge in [-0.25, -0.2) is 0 Å². The summed E-state index contributed by atoms with van der Waals surface area (Å²) in [6, 6.07) is 3.82. The van der Waals surface area contributed by atoms with E-state index in [4.69, 9.17) is 13.9 Å². The summed E-state index contributed by atoms with van der Waals surface area (Å²) in [5, 5.41) is 29.5. The minimum atomic E-state index is -0.565. The van der Waals surface area contributed by atoms with Crippen molar-refractivity contribution in [2.45, 2.75) is 0 Å². The highest BCUT2D eigenvalue weighted by Gasteiger charge is 2.21. The number of hydrogen-bond donors (Lipinski definition) is 3. The normalized spacial score (nSPS) is 11.0. The molecule has 1 aromatic heterocycles. The largest absolute Gasteiger partial charge is 0.504 e. The third kappa shape index (κ3) is 1.72. The van der Waals surface area contributed by atoms with E-state index in [-0.39, 0.29) is 33.4 Å². The maximum atomic E-state index is 12.5. The zero-order valence-electron chi connectivity index (χ0n) is 11.7. The number of hydrogen-bond acceptors (Lipinski definition) is 7. The second-order valence-corrected chi connectivity index (χ2v) is 4.57. The number of ether oxygens (including phenoxy) is 2. The molecular formula is C15H12O7. The van der Waals surface area contributed by atoms with Crippen molar-refractivity contribution in [3.05, 3.63) is 28.4 Å². The highest BCUT2D eigenvalue weighted by molar-refractivity contribution is 5.98. The summed E-state index contributed by atoms with van der Waals surface area (Å²) < 4.78 is 15.6. The Labute approximate surface area is 123 Å². The van der Waals surface area contributed by atoms with E-state index >= 15 is 0 Å². The first-order valence-corrected chi connectivity index (χ1v) is 6.25. The Morgan fingerprint density at radius 3 is 2.41 bits per heavy atom. The maximum Gasteiger partial charge on any atom is 0.204 e. The van der Waals surface area contributed by atoms with Gasteiger partial charge in [-0.1, -0.05) is 0 Å². The second kappa shape index (κ2) is 4.73. The number of rotatable bonds is 2. The molecule has 0 radical (unpaired) electrons. The molecule has 3 aromatic rings. The number of benzene rings is 2. The fourth-order valence-corrected chi connectivity index (χ4v) is 2.34. The van der Waals surface area contributed by atoms with E-state index < -0.39 is 22.7 Å². The van der Waals surface area contributed by atoms with E-state index in [0.29, 0.717) is 0 Å². The lowest BCUT2D eigenvalue weighted by atomic mass is 10.1. The van der Waals surface area contributed by atoms with Crippen molar-refractivity contribution >= 4 is 21.9 Å². The molecule has 1 heterocycles. The van der Waals surface area contributed by atoms with E-state index in [1.807, 2.05) is 0 Å². The van der Waals surface area contributed by atoms with Gasteiger partial charge in [-0.05, 0) is 12.1 Å². The van der Waals surface area contributed by atoms with Crippen LogP contribution in [0.5, 0.6) is 28.7 Å². The molecule has 0 spiro atoms. The summed E-state index contributed by atoms with van der Waals surface area (Å²) in [5.41, 5.74) is -0.748. The first-order valence-electron chi connectivity index (χ1n) is 6.25. The van der Waals surface area contributed by atoms with E-state index in [2.05, 4.69) is 0 Å². The van der Waals surface area contributed by atoms with Crippen LogP contribution >= 0.6 is 0 Å². The van der Waals surface area contributed by atoms with Gasteiger partial charge >= 0.3 is 0 Å². The van der Waals surface area contributed by atoms with E-state index in [9.17, 15) is 20.1 Å². The Bertz CT molecular complexity index is 956. The molecule has 0 amide bonds. The van der Waals surface area contributed by atoms with Crippen molar-refractivity contribution in [1.82, 2.24) is 0 Å². The molecule has 0 bridgehead atoms. The van der Waals surface area contributed by atoms with Crippen LogP contribution in [0.3, 0.4) is 0 Å². The molecule has 7 nitrogen and oxygen atoms in total. The molecule has 0 aliphatic carbocycles. The van der Waals surface area contributed by atoms with Crippen LogP contribution in [0.4, 0.5) is 0 Å². The molecule has 7 heteroatoms. The zero-order chi connectivity index (χ0) is 16.0. The van der Waals surface area contributed by atoms with Crippen molar-refractivity contribution in [2.24, 2.45) is 0 Å². The molecule has 114 valence electrons. The van der Waals surface area contributed by atoms with Crippen LogP contribution in [0.25, 0.3) is 21.9 Å². The fourth-order valence-electron chi connectivity index (χ4n) is 2.34. The molecule has 0 saturated carbocycles. The van der Waals surface area contributed by atoms with E-state index in [0.717, 1.165) is 6.07 Å². The van der Waals surface area contributed by atoms with Gasteiger partial charge in [0.25, 0.3) is 0 Å². The maximum absolute atomic E-state index is 12.5. The summed E-state index contributed by atoms with van der Waals surface area (Å²) in [6.45, 7) is 0. The number of aromatic hydroxyl groups is 3. The molecule has 3 rings (SSSR count). The Morgan fingerprint density at radius 2 is 1.77 bits per heavy atom. The lowest BCUT2D eigenvalue weighted by Gasteiger charge is -2.12. The first-order chi connectivity index (χ1) is 10.5. The van der Waals surface area contributed by atoms with Gasteiger partial charge in [0.2, 0.25) is 16.9 Å². The number of phenolic OH excluding ortho intramolecular Hbond substituents is 3. The SMILES string of the molecule is COc1cc2oc3c(O)c(O)ccc3c(=O)c2c(O)c1OC. The van der Waals surface area contributed by atoms with Gasteiger partial charge in [-0.15, -0.1) is 0 Å². The lowest BCUT2D eigenvalue weighted by Crippen LogP contribution is -2.04. The highest BCUT2D eigenvalue weighted by atomic mass is 16.5. The smallest absolute Gasteiger partial charge is 0.204 e. The zero-order valence-corrected chi connectivity index (χ0v) is 11.7. The third-order valence-electron chi connectivity index (χ3n) is 3.40. The van der Waals surface area contributed by atoms with Crippen LogP contribution in [-0.2, 0) is 0 Å². The van der Waals surface area contributed by atoms with Crippen molar-refractivity contribution < 1.29 is 29.2 Å². The van der Waals surface area contributed by atoms with Crippen LogP contribution in [0.15, 0.2) is 27.4 Å². The van der Waals surface area contributed by atoms with Crippen LogP contribution in [0.1, 0.15) is 0 Å². The molecule has 2 aromatic carbocycles. The van der Waals surface area contributed by atoms with Crippen molar-refractivity contribution in [2.75, 3.05) is 14.2 Å². The molecule has 0 aliphatic heterocycles. The predicted molar refractivity (Wildman–Crippen MR) is 78.1 cm³/mol. The van der Waals surface area contributed by atoms with Gasteiger partial charge in [0.1, 0.15) is 11.0 Å². The molecule has 3 N–H and O–H groups in total. The summed E-state index contributed by atoms with van der Waals surface area (Å²) in [7, 11) is 2.70. The van der Waals surface area contributed by atoms with Gasteiger partial charge in [-0.3, -0.25) is 4.79 Å². The topological polar surface area (TPSA) is 109 Å². The quantitative estimate of drug-likeness (QED) is 0.491. The Morgan fingerprint density at radius 1 is 1.05 bits per heavy atom. The molecule has 0 saturated heterocycles. The lowest BCUT2D eigenvalue weighted by molar-refractivity contribution is 0.334. The standard InChI is InChI=1S/C15H12O7/c1-20-9-5-8-10(13(19)15(9)21-2)11(17)6-3-4-7(16)12(18)14(6)22-8/h3-5,16,18-19H,1-2H3. The highest BCUT2D eigenvalue weighted by Crippen LogP contribution is 2.43. The third-order valence-corrected chi connectivity index (χ3v) is 3.40. The van der Waals surface area contributed by atoms with Crippen molar-refractivity contribution in [3.63, 3.8) is 0 Å². The van der Waals surface area contributed by atoms with E-state index in [1.165, 1.54) is 26.4 Å². The number of phenols is 3. The monoisotopic (exact) mass is 304 g/mol. The summed E-state index contributed by atoms with van der Waals surface area (Å²) >= 11 is 0. The second-order valence-electron chi connectivity index (χ2n) is 4.57. The Kier molecular flexibility index (Phi) is 2.98. The molecule has 0 aliphatic rings. The van der Waals surface area contributed by atoms with Crippen molar-refractivity contribution in [1.29, 1.82) is 0 Å². The number of methoxy groups -OCH3 is 2.